The molecule has 2 aromatic carbocycles. The van der Waals surface area contributed by atoms with Crippen LogP contribution in [-0.4, -0.2) is 42.6 Å². The molecule has 1 unspecified atom stereocenters. The molecule has 4 aromatic rings. The molecule has 0 aliphatic carbocycles. The maximum atomic E-state index is 12.7. The van der Waals surface area contributed by atoms with E-state index in [1.54, 1.807) is 0 Å². The lowest BCUT2D eigenvalue weighted by Gasteiger charge is -2.15. The molecule has 3 N–H and O–H groups in total. The van der Waals surface area contributed by atoms with Crippen molar-refractivity contribution in [1.82, 2.24) is 19.1 Å². The summed E-state index contributed by atoms with van der Waals surface area (Å²) in [6.45, 7) is 3.77. The Kier molecular flexibility index (Phi) is 7.45. The summed E-state index contributed by atoms with van der Waals surface area (Å²) in [4.78, 5) is 31.5. The molecule has 10 heteroatoms. The number of allylic oxidation sites excluding steroid dienone is 1. The highest BCUT2D eigenvalue weighted by molar-refractivity contribution is 5.96. The van der Waals surface area contributed by atoms with E-state index < -0.39 is 17.4 Å². The molecule has 0 bridgehead atoms. The first-order chi connectivity index (χ1) is 17.3. The number of aromatic amines is 1. The smallest absolute Gasteiger partial charge is 0.329 e. The number of hydrazone groups is 1. The zero-order chi connectivity index (χ0) is 25.7. The molecule has 0 aliphatic rings. The monoisotopic (exact) mass is 488 g/mol. The van der Waals surface area contributed by atoms with Crippen LogP contribution in [0.2, 0.25) is 0 Å². The number of aromatic nitrogens is 4. The molecule has 1 atom stereocenters. The van der Waals surface area contributed by atoms with Gasteiger partial charge in [-0.05, 0) is 37.6 Å². The Bertz CT molecular complexity index is 1510. The molecule has 10 nitrogen and oxygen atoms in total. The molecule has 0 saturated heterocycles. The fourth-order valence-corrected chi connectivity index (χ4v) is 3.54. The number of aliphatic hydroxyl groups excluding tert-OH is 1. The van der Waals surface area contributed by atoms with Crippen LogP contribution in [-0.2, 0) is 13.6 Å². The van der Waals surface area contributed by atoms with E-state index in [2.05, 4.69) is 20.5 Å². The summed E-state index contributed by atoms with van der Waals surface area (Å²) in [5.41, 5.74) is 4.77. The number of rotatable bonds is 9. The lowest BCUT2D eigenvalue weighted by molar-refractivity contribution is 0.0938. The SMILES string of the molecule is CC(C=Cc1ccccc1)=NNc1nc2c(c(=O)[nH]c(=O)n2C)n1CC(O)COc1ccc(C)cc1. The number of anilines is 1. The largest absolute Gasteiger partial charge is 0.491 e. The number of benzene rings is 2. The molecule has 0 saturated carbocycles. The van der Waals surface area contributed by atoms with Gasteiger partial charge in [-0.15, -0.1) is 0 Å². The molecule has 0 radical (unpaired) electrons. The standard InChI is InChI=1S/C26H28N6O4/c1-17-9-13-21(14-10-17)36-16-20(33)15-32-22-23(31(3)26(35)28-24(22)34)27-25(32)30-29-18(2)11-12-19-7-5-4-6-8-19/h4-14,20,33H,15-16H2,1-3H3,(H,27,30)(H,28,34,35). The van der Waals surface area contributed by atoms with Crippen molar-refractivity contribution in [2.45, 2.75) is 26.5 Å². The van der Waals surface area contributed by atoms with Crippen LogP contribution in [0.15, 0.2) is 75.4 Å². The van der Waals surface area contributed by atoms with Gasteiger partial charge in [0.15, 0.2) is 11.2 Å². The molecule has 0 aliphatic heterocycles. The molecule has 186 valence electrons. The van der Waals surface area contributed by atoms with E-state index in [0.29, 0.717) is 11.5 Å². The molecule has 4 rings (SSSR count). The van der Waals surface area contributed by atoms with Crippen LogP contribution in [0.5, 0.6) is 5.75 Å². The number of aryl methyl sites for hydroxylation is 2. The normalized spacial score (nSPS) is 12.8. The highest BCUT2D eigenvalue weighted by Gasteiger charge is 2.20. The van der Waals surface area contributed by atoms with E-state index >= 15 is 0 Å². The minimum Gasteiger partial charge on any atom is -0.491 e. The van der Waals surface area contributed by atoms with Crippen molar-refractivity contribution >= 4 is 28.9 Å². The van der Waals surface area contributed by atoms with Crippen molar-refractivity contribution in [3.8, 4) is 5.75 Å². The van der Waals surface area contributed by atoms with E-state index in [1.807, 2.05) is 80.6 Å². The van der Waals surface area contributed by atoms with Gasteiger partial charge in [0.1, 0.15) is 18.5 Å². The molecule has 2 aromatic heterocycles. The number of hydrogen-bond donors (Lipinski definition) is 3. The van der Waals surface area contributed by atoms with Gasteiger partial charge in [-0.1, -0.05) is 54.1 Å². The Morgan fingerprint density at radius 3 is 2.64 bits per heavy atom. The number of ether oxygens (including phenoxy) is 1. The van der Waals surface area contributed by atoms with E-state index in [4.69, 9.17) is 4.74 Å². The van der Waals surface area contributed by atoms with Gasteiger partial charge in [-0.2, -0.15) is 10.1 Å². The predicted octanol–water partition coefficient (Wildman–Crippen LogP) is 2.67. The first-order valence-corrected chi connectivity index (χ1v) is 11.4. The van der Waals surface area contributed by atoms with Crippen LogP contribution >= 0.6 is 0 Å². The number of nitrogens with zero attached hydrogens (tertiary/aromatic N) is 4. The first kappa shape index (κ1) is 24.7. The van der Waals surface area contributed by atoms with Gasteiger partial charge in [0.2, 0.25) is 5.95 Å². The Morgan fingerprint density at radius 2 is 1.92 bits per heavy atom. The van der Waals surface area contributed by atoms with Gasteiger partial charge >= 0.3 is 5.69 Å². The minimum atomic E-state index is -0.969. The second kappa shape index (κ2) is 10.9. The highest BCUT2D eigenvalue weighted by atomic mass is 16.5. The zero-order valence-corrected chi connectivity index (χ0v) is 20.3. The second-order valence-electron chi connectivity index (χ2n) is 8.42. The number of fused-ring (bicyclic) bond motifs is 1. The average Bonchev–Trinajstić information content (AvgIpc) is 3.23. The molecular formula is C26H28N6O4. The maximum absolute atomic E-state index is 12.7. The van der Waals surface area contributed by atoms with Crippen molar-refractivity contribution in [3.63, 3.8) is 0 Å². The van der Waals surface area contributed by atoms with E-state index in [9.17, 15) is 14.7 Å². The molecule has 0 amide bonds. The van der Waals surface area contributed by atoms with Crippen molar-refractivity contribution in [3.05, 3.63) is 92.6 Å². The van der Waals surface area contributed by atoms with Crippen molar-refractivity contribution in [2.75, 3.05) is 12.0 Å². The average molecular weight is 489 g/mol. The Labute approximate surface area is 207 Å². The van der Waals surface area contributed by atoms with Crippen LogP contribution in [0, 0.1) is 6.92 Å². The summed E-state index contributed by atoms with van der Waals surface area (Å²) in [7, 11) is 1.51. The van der Waals surface area contributed by atoms with Gasteiger partial charge in [0.25, 0.3) is 5.56 Å². The molecular weight excluding hydrogens is 460 g/mol. The highest BCUT2D eigenvalue weighted by Crippen LogP contribution is 2.17. The van der Waals surface area contributed by atoms with Crippen molar-refractivity contribution in [2.24, 2.45) is 12.1 Å². The van der Waals surface area contributed by atoms with Gasteiger partial charge in [-0.25, -0.2) is 10.2 Å². The fraction of sp³-hybridized carbons (Fsp3) is 0.231. The van der Waals surface area contributed by atoms with E-state index in [0.717, 1.165) is 11.1 Å². The van der Waals surface area contributed by atoms with Crippen LogP contribution < -0.4 is 21.4 Å². The molecule has 2 heterocycles. The molecule has 0 fully saturated rings. The summed E-state index contributed by atoms with van der Waals surface area (Å²) >= 11 is 0. The van der Waals surface area contributed by atoms with Crippen molar-refractivity contribution in [1.29, 1.82) is 0 Å². The fourth-order valence-electron chi connectivity index (χ4n) is 3.54. The summed E-state index contributed by atoms with van der Waals surface area (Å²) in [6.07, 6.45) is 2.79. The van der Waals surface area contributed by atoms with Gasteiger partial charge < -0.3 is 14.4 Å². The van der Waals surface area contributed by atoms with E-state index in [-0.39, 0.29) is 30.3 Å². The predicted molar refractivity (Wildman–Crippen MR) is 140 cm³/mol. The number of imidazole rings is 1. The third-order valence-electron chi connectivity index (χ3n) is 5.51. The quantitative estimate of drug-likeness (QED) is 0.246. The van der Waals surface area contributed by atoms with Crippen molar-refractivity contribution < 1.29 is 9.84 Å². The first-order valence-electron chi connectivity index (χ1n) is 11.4. The van der Waals surface area contributed by atoms with Crippen LogP contribution in [0.25, 0.3) is 17.2 Å². The van der Waals surface area contributed by atoms with Gasteiger partial charge in [0.05, 0.1) is 12.3 Å². The Hall–Kier alpha value is -4.44. The maximum Gasteiger partial charge on any atom is 0.329 e. The number of H-pyrrole nitrogens is 1. The summed E-state index contributed by atoms with van der Waals surface area (Å²) in [5.74, 6) is 0.831. The topological polar surface area (TPSA) is 127 Å². The van der Waals surface area contributed by atoms with Gasteiger partial charge in [-0.3, -0.25) is 14.3 Å². The zero-order valence-electron chi connectivity index (χ0n) is 20.3. The Balaban J connectivity index is 1.59. The third kappa shape index (κ3) is 5.78. The Morgan fingerprint density at radius 1 is 1.19 bits per heavy atom. The number of nitrogens with one attached hydrogen (secondary N) is 2. The third-order valence-corrected chi connectivity index (χ3v) is 5.51. The summed E-state index contributed by atoms with van der Waals surface area (Å²) < 4.78 is 8.42. The van der Waals surface area contributed by atoms with E-state index in [1.165, 1.54) is 16.2 Å². The lowest BCUT2D eigenvalue weighted by atomic mass is 10.2. The molecule has 0 spiro atoms. The number of hydrogen-bond acceptors (Lipinski definition) is 7. The number of aliphatic hydroxyl groups is 1. The molecule has 36 heavy (non-hydrogen) atoms. The minimum absolute atomic E-state index is 0.00600. The summed E-state index contributed by atoms with van der Waals surface area (Å²) in [6, 6.07) is 17.3. The van der Waals surface area contributed by atoms with Crippen LogP contribution in [0.1, 0.15) is 18.1 Å². The van der Waals surface area contributed by atoms with Gasteiger partial charge in [0, 0.05) is 7.05 Å². The van der Waals surface area contributed by atoms with Crippen LogP contribution in [0.4, 0.5) is 5.95 Å². The summed E-state index contributed by atoms with van der Waals surface area (Å²) in [5, 5.41) is 15.0. The van der Waals surface area contributed by atoms with Crippen LogP contribution in [0.3, 0.4) is 0 Å². The second-order valence-corrected chi connectivity index (χ2v) is 8.42. The lowest BCUT2D eigenvalue weighted by Crippen LogP contribution is -2.30.